The number of nitrogens with zero attached hydrogens (tertiary/aromatic N) is 1. The van der Waals surface area contributed by atoms with Crippen molar-refractivity contribution in [3.05, 3.63) is 29.3 Å². The Balaban J connectivity index is 3.43. The first kappa shape index (κ1) is 13.9. The maximum atomic E-state index is 13.0. The van der Waals surface area contributed by atoms with Gasteiger partial charge in [0.2, 0.25) is 0 Å². The van der Waals surface area contributed by atoms with Crippen LogP contribution in [0.2, 0.25) is 0 Å². The van der Waals surface area contributed by atoms with Crippen molar-refractivity contribution >= 4 is 5.69 Å². The van der Waals surface area contributed by atoms with Gasteiger partial charge in [0.25, 0.3) is 0 Å². The maximum absolute atomic E-state index is 13.0. The zero-order valence-electron chi connectivity index (χ0n) is 10.8. The van der Waals surface area contributed by atoms with Crippen LogP contribution < -0.4 is 4.90 Å². The highest BCUT2D eigenvalue weighted by Gasteiger charge is 2.36. The summed E-state index contributed by atoms with van der Waals surface area (Å²) in [6.07, 6.45) is -4.31. The molecule has 0 aliphatic carbocycles. The molecule has 0 saturated carbocycles. The number of benzene rings is 1. The van der Waals surface area contributed by atoms with Crippen LogP contribution in [0.3, 0.4) is 0 Å². The van der Waals surface area contributed by atoms with Crippen LogP contribution in [0.15, 0.2) is 18.2 Å². The van der Waals surface area contributed by atoms with Crippen LogP contribution in [0.1, 0.15) is 31.9 Å². The lowest BCUT2D eigenvalue weighted by molar-refractivity contribution is -0.138. The van der Waals surface area contributed by atoms with Crippen molar-refractivity contribution in [1.29, 1.82) is 0 Å². The lowest BCUT2D eigenvalue weighted by Crippen LogP contribution is -2.20. The fourth-order valence-corrected chi connectivity index (χ4v) is 1.70. The standard InChI is InChI=1S/C13H18F3N/c1-12(2,3)10-7-6-9(17(4)5)8-11(10)13(14,15)16/h6-8H,1-5H3. The molecule has 0 atom stereocenters. The third kappa shape index (κ3) is 3.14. The number of anilines is 1. The quantitative estimate of drug-likeness (QED) is 0.721. The van der Waals surface area contributed by atoms with Gasteiger partial charge in [-0.05, 0) is 23.1 Å². The Labute approximate surface area is 100 Å². The van der Waals surface area contributed by atoms with Crippen molar-refractivity contribution in [3.63, 3.8) is 0 Å². The van der Waals surface area contributed by atoms with Crippen LogP contribution in [0.5, 0.6) is 0 Å². The fourth-order valence-electron chi connectivity index (χ4n) is 1.70. The number of halogens is 3. The fraction of sp³-hybridized carbons (Fsp3) is 0.538. The Morgan fingerprint density at radius 2 is 1.47 bits per heavy atom. The van der Waals surface area contributed by atoms with E-state index in [4.69, 9.17) is 0 Å². The van der Waals surface area contributed by atoms with Crippen molar-refractivity contribution in [3.8, 4) is 0 Å². The van der Waals surface area contributed by atoms with Crippen molar-refractivity contribution in [2.75, 3.05) is 19.0 Å². The van der Waals surface area contributed by atoms with Crippen LogP contribution >= 0.6 is 0 Å². The molecule has 0 aromatic heterocycles. The first-order valence-electron chi connectivity index (χ1n) is 5.42. The van der Waals surface area contributed by atoms with Gasteiger partial charge in [0.1, 0.15) is 0 Å². The lowest BCUT2D eigenvalue weighted by Gasteiger charge is -2.26. The molecular weight excluding hydrogens is 227 g/mol. The molecule has 0 heterocycles. The summed E-state index contributed by atoms with van der Waals surface area (Å²) in [4.78, 5) is 1.67. The summed E-state index contributed by atoms with van der Waals surface area (Å²) in [5.74, 6) is 0. The average Bonchev–Trinajstić information content (AvgIpc) is 2.14. The largest absolute Gasteiger partial charge is 0.416 e. The lowest BCUT2D eigenvalue weighted by atomic mass is 9.83. The summed E-state index contributed by atoms with van der Waals surface area (Å²) >= 11 is 0. The predicted molar refractivity (Wildman–Crippen MR) is 64.5 cm³/mol. The van der Waals surface area contributed by atoms with E-state index in [0.29, 0.717) is 11.3 Å². The van der Waals surface area contributed by atoms with Gasteiger partial charge in [-0.25, -0.2) is 0 Å². The maximum Gasteiger partial charge on any atom is 0.416 e. The summed E-state index contributed by atoms with van der Waals surface area (Å²) < 4.78 is 39.0. The van der Waals surface area contributed by atoms with E-state index in [0.717, 1.165) is 0 Å². The van der Waals surface area contributed by atoms with E-state index in [-0.39, 0.29) is 0 Å². The molecule has 1 nitrogen and oxygen atoms in total. The molecular formula is C13H18F3N. The molecule has 17 heavy (non-hydrogen) atoms. The van der Waals surface area contributed by atoms with E-state index in [1.54, 1.807) is 51.9 Å². The number of rotatable bonds is 1. The molecule has 0 aliphatic heterocycles. The van der Waals surface area contributed by atoms with Gasteiger partial charge in [-0.2, -0.15) is 13.2 Å². The van der Waals surface area contributed by atoms with Gasteiger partial charge in [-0.15, -0.1) is 0 Å². The van der Waals surface area contributed by atoms with Gasteiger partial charge >= 0.3 is 6.18 Å². The van der Waals surface area contributed by atoms with Gasteiger partial charge in [-0.1, -0.05) is 26.8 Å². The first-order valence-corrected chi connectivity index (χ1v) is 5.42. The van der Waals surface area contributed by atoms with E-state index in [2.05, 4.69) is 0 Å². The Kier molecular flexibility index (Phi) is 3.46. The SMILES string of the molecule is CN(C)c1ccc(C(C)(C)C)c(C(F)(F)F)c1. The molecule has 4 heteroatoms. The summed E-state index contributed by atoms with van der Waals surface area (Å²) in [6, 6.07) is 4.49. The van der Waals surface area contributed by atoms with E-state index in [1.807, 2.05) is 0 Å². The van der Waals surface area contributed by atoms with Crippen molar-refractivity contribution in [1.82, 2.24) is 0 Å². The molecule has 0 fully saturated rings. The minimum Gasteiger partial charge on any atom is -0.378 e. The highest BCUT2D eigenvalue weighted by atomic mass is 19.4. The Morgan fingerprint density at radius 1 is 0.941 bits per heavy atom. The smallest absolute Gasteiger partial charge is 0.378 e. The van der Waals surface area contributed by atoms with Crippen LogP contribution in [-0.2, 0) is 11.6 Å². The second-order valence-corrected chi connectivity index (χ2v) is 5.37. The monoisotopic (exact) mass is 245 g/mol. The van der Waals surface area contributed by atoms with E-state index >= 15 is 0 Å². The van der Waals surface area contributed by atoms with Gasteiger partial charge in [0, 0.05) is 19.8 Å². The highest BCUT2D eigenvalue weighted by molar-refractivity contribution is 5.52. The summed E-state index contributed by atoms with van der Waals surface area (Å²) in [5.41, 5.74) is -0.174. The van der Waals surface area contributed by atoms with E-state index in [1.165, 1.54) is 6.07 Å². The van der Waals surface area contributed by atoms with Crippen LogP contribution in [0.25, 0.3) is 0 Å². The number of hydrogen-bond acceptors (Lipinski definition) is 1. The van der Waals surface area contributed by atoms with Crippen LogP contribution in [0.4, 0.5) is 18.9 Å². The summed E-state index contributed by atoms with van der Waals surface area (Å²) in [5, 5.41) is 0. The third-order valence-corrected chi connectivity index (χ3v) is 2.63. The van der Waals surface area contributed by atoms with Crippen molar-refractivity contribution < 1.29 is 13.2 Å². The molecule has 1 rings (SSSR count). The molecule has 0 unspecified atom stereocenters. The molecule has 0 spiro atoms. The van der Waals surface area contributed by atoms with Gasteiger partial charge in [0.15, 0.2) is 0 Å². The topological polar surface area (TPSA) is 3.24 Å². The molecule has 0 bridgehead atoms. The second-order valence-electron chi connectivity index (χ2n) is 5.37. The van der Waals surface area contributed by atoms with E-state index in [9.17, 15) is 13.2 Å². The highest BCUT2D eigenvalue weighted by Crippen LogP contribution is 2.39. The minimum absolute atomic E-state index is 0.329. The zero-order valence-corrected chi connectivity index (χ0v) is 10.8. The van der Waals surface area contributed by atoms with Gasteiger partial charge < -0.3 is 4.90 Å². The molecule has 96 valence electrons. The normalized spacial score (nSPS) is 12.7. The van der Waals surface area contributed by atoms with Crippen LogP contribution in [-0.4, -0.2) is 14.1 Å². The van der Waals surface area contributed by atoms with Crippen molar-refractivity contribution in [2.45, 2.75) is 32.4 Å². The van der Waals surface area contributed by atoms with Crippen LogP contribution in [0, 0.1) is 0 Å². The Bertz CT molecular complexity index is 400. The minimum atomic E-state index is -4.31. The summed E-state index contributed by atoms with van der Waals surface area (Å²) in [6.45, 7) is 5.35. The summed E-state index contributed by atoms with van der Waals surface area (Å²) in [7, 11) is 3.46. The molecule has 0 saturated heterocycles. The zero-order chi connectivity index (χ0) is 13.4. The van der Waals surface area contributed by atoms with E-state index < -0.39 is 17.2 Å². The molecule has 1 aromatic carbocycles. The second kappa shape index (κ2) is 4.24. The average molecular weight is 245 g/mol. The molecule has 0 radical (unpaired) electrons. The van der Waals surface area contributed by atoms with Gasteiger partial charge in [0.05, 0.1) is 5.56 Å². The molecule has 0 N–H and O–H groups in total. The molecule has 0 aliphatic rings. The predicted octanol–water partition coefficient (Wildman–Crippen LogP) is 4.07. The number of alkyl halides is 3. The molecule has 0 amide bonds. The third-order valence-electron chi connectivity index (χ3n) is 2.63. The molecule has 1 aromatic rings. The Morgan fingerprint density at radius 3 is 1.82 bits per heavy atom. The van der Waals surface area contributed by atoms with Crippen molar-refractivity contribution in [2.24, 2.45) is 0 Å². The van der Waals surface area contributed by atoms with Gasteiger partial charge in [-0.3, -0.25) is 0 Å². The first-order chi connectivity index (χ1) is 7.53. The Hall–Kier alpha value is -1.19. The number of hydrogen-bond donors (Lipinski definition) is 0.